The zero-order chi connectivity index (χ0) is 13.9. The third kappa shape index (κ3) is 7.18. The van der Waals surface area contributed by atoms with Gasteiger partial charge in [-0.2, -0.15) is 0 Å². The van der Waals surface area contributed by atoms with Crippen molar-refractivity contribution in [3.05, 3.63) is 22.4 Å². The van der Waals surface area contributed by atoms with E-state index in [0.29, 0.717) is 5.96 Å². The quantitative estimate of drug-likeness (QED) is 0.413. The van der Waals surface area contributed by atoms with Crippen LogP contribution in [0.3, 0.4) is 0 Å². The Balaban J connectivity index is 2.08. The highest BCUT2D eigenvalue weighted by Gasteiger charge is 1.98. The van der Waals surface area contributed by atoms with Gasteiger partial charge in [0.15, 0.2) is 5.96 Å². The molecule has 1 heterocycles. The van der Waals surface area contributed by atoms with E-state index in [9.17, 15) is 0 Å². The van der Waals surface area contributed by atoms with Crippen molar-refractivity contribution in [3.8, 4) is 0 Å². The number of thiophene rings is 1. The Labute approximate surface area is 120 Å². The van der Waals surface area contributed by atoms with Gasteiger partial charge in [-0.25, -0.2) is 0 Å². The highest BCUT2D eigenvalue weighted by molar-refractivity contribution is 7.09. The smallest absolute Gasteiger partial charge is 0.188 e. The van der Waals surface area contributed by atoms with Crippen LogP contribution in [0, 0.1) is 0 Å². The van der Waals surface area contributed by atoms with E-state index in [4.69, 9.17) is 5.73 Å². The van der Waals surface area contributed by atoms with Gasteiger partial charge in [0.1, 0.15) is 0 Å². The second-order valence-electron chi connectivity index (χ2n) is 4.40. The average molecular weight is 282 g/mol. The molecule has 0 fully saturated rings. The summed E-state index contributed by atoms with van der Waals surface area (Å²) in [5, 5.41) is 5.26. The maximum atomic E-state index is 5.82. The normalized spacial score (nSPS) is 12.1. The molecule has 0 radical (unpaired) electrons. The third-order valence-corrected chi connectivity index (χ3v) is 4.00. The van der Waals surface area contributed by atoms with Crippen molar-refractivity contribution in [2.24, 2.45) is 10.7 Å². The predicted molar refractivity (Wildman–Crippen MR) is 84.9 cm³/mol. The summed E-state index contributed by atoms with van der Waals surface area (Å²) in [6.45, 7) is 9.34. The third-order valence-electron chi connectivity index (χ3n) is 3.07. The molecule has 0 amide bonds. The lowest BCUT2D eigenvalue weighted by Crippen LogP contribution is -2.33. The largest absolute Gasteiger partial charge is 0.370 e. The predicted octanol–water partition coefficient (Wildman–Crippen LogP) is 1.93. The second-order valence-corrected chi connectivity index (χ2v) is 5.44. The molecule has 0 atom stereocenters. The standard InChI is InChI=1S/C14H26N4S/c1-3-18(4-2)11-6-9-16-14(15)17-10-8-13-7-5-12-19-13/h5,7,12H,3-4,6,8-11H2,1-2H3,(H3,15,16,17). The molecule has 4 nitrogen and oxygen atoms in total. The summed E-state index contributed by atoms with van der Waals surface area (Å²) < 4.78 is 0. The molecule has 5 heteroatoms. The molecule has 0 aliphatic rings. The number of nitrogens with zero attached hydrogens (tertiary/aromatic N) is 2. The Bertz CT molecular complexity index is 344. The van der Waals surface area contributed by atoms with Crippen LogP contribution in [0.1, 0.15) is 25.1 Å². The summed E-state index contributed by atoms with van der Waals surface area (Å²) in [4.78, 5) is 8.12. The van der Waals surface area contributed by atoms with E-state index in [1.807, 2.05) is 0 Å². The van der Waals surface area contributed by atoms with Crippen molar-refractivity contribution in [2.45, 2.75) is 26.7 Å². The average Bonchev–Trinajstić information content (AvgIpc) is 2.92. The number of hydrogen-bond acceptors (Lipinski definition) is 3. The van der Waals surface area contributed by atoms with Crippen molar-refractivity contribution in [2.75, 3.05) is 32.7 Å². The summed E-state index contributed by atoms with van der Waals surface area (Å²) in [5.74, 6) is 0.566. The Morgan fingerprint density at radius 2 is 2.21 bits per heavy atom. The molecule has 1 aromatic heterocycles. The van der Waals surface area contributed by atoms with Gasteiger partial charge in [0, 0.05) is 18.0 Å². The van der Waals surface area contributed by atoms with Crippen molar-refractivity contribution < 1.29 is 0 Å². The van der Waals surface area contributed by atoms with Gasteiger partial charge >= 0.3 is 0 Å². The molecular formula is C14H26N4S. The van der Waals surface area contributed by atoms with E-state index in [1.165, 1.54) is 4.88 Å². The molecule has 1 rings (SSSR count). The fourth-order valence-electron chi connectivity index (χ4n) is 1.86. The van der Waals surface area contributed by atoms with Crippen LogP contribution in [0.5, 0.6) is 0 Å². The lowest BCUT2D eigenvalue weighted by Gasteiger charge is -2.16. The number of rotatable bonds is 9. The molecule has 0 spiro atoms. The minimum atomic E-state index is 0.566. The fraction of sp³-hybridized carbons (Fsp3) is 0.643. The summed E-state index contributed by atoms with van der Waals surface area (Å²) in [6.07, 6.45) is 2.07. The van der Waals surface area contributed by atoms with Crippen molar-refractivity contribution >= 4 is 17.3 Å². The number of guanidine groups is 1. The lowest BCUT2D eigenvalue weighted by molar-refractivity contribution is 0.302. The van der Waals surface area contributed by atoms with Gasteiger partial charge in [-0.05, 0) is 43.9 Å². The summed E-state index contributed by atoms with van der Waals surface area (Å²) >= 11 is 1.78. The van der Waals surface area contributed by atoms with Crippen LogP contribution in [0.25, 0.3) is 0 Å². The topological polar surface area (TPSA) is 53.6 Å². The van der Waals surface area contributed by atoms with Crippen LogP contribution < -0.4 is 11.1 Å². The van der Waals surface area contributed by atoms with Gasteiger partial charge in [0.25, 0.3) is 0 Å². The minimum absolute atomic E-state index is 0.566. The Morgan fingerprint density at radius 3 is 2.84 bits per heavy atom. The highest BCUT2D eigenvalue weighted by Crippen LogP contribution is 2.07. The van der Waals surface area contributed by atoms with Gasteiger partial charge in [-0.1, -0.05) is 19.9 Å². The van der Waals surface area contributed by atoms with Crippen molar-refractivity contribution in [1.82, 2.24) is 10.2 Å². The van der Waals surface area contributed by atoms with Gasteiger partial charge in [0.05, 0.1) is 0 Å². The first kappa shape index (κ1) is 16.0. The molecule has 19 heavy (non-hydrogen) atoms. The minimum Gasteiger partial charge on any atom is -0.370 e. The van der Waals surface area contributed by atoms with Crippen LogP contribution >= 0.6 is 11.3 Å². The van der Waals surface area contributed by atoms with Crippen molar-refractivity contribution in [1.29, 1.82) is 0 Å². The van der Waals surface area contributed by atoms with E-state index in [1.54, 1.807) is 11.3 Å². The van der Waals surface area contributed by atoms with E-state index < -0.39 is 0 Å². The fourth-order valence-corrected chi connectivity index (χ4v) is 2.57. The summed E-state index contributed by atoms with van der Waals surface area (Å²) in [6, 6.07) is 4.22. The maximum Gasteiger partial charge on any atom is 0.188 e. The molecule has 0 unspecified atom stereocenters. The van der Waals surface area contributed by atoms with Crippen molar-refractivity contribution in [3.63, 3.8) is 0 Å². The van der Waals surface area contributed by atoms with E-state index >= 15 is 0 Å². The first-order valence-electron chi connectivity index (χ1n) is 7.04. The lowest BCUT2D eigenvalue weighted by atomic mass is 10.3. The van der Waals surface area contributed by atoms with Gasteiger partial charge in [-0.15, -0.1) is 11.3 Å². The molecule has 0 aromatic carbocycles. The van der Waals surface area contributed by atoms with Gasteiger partial charge < -0.3 is 16.0 Å². The van der Waals surface area contributed by atoms with Crippen LogP contribution in [-0.4, -0.2) is 43.6 Å². The number of nitrogens with one attached hydrogen (secondary N) is 1. The number of aliphatic imine (C=N–C) groups is 1. The molecular weight excluding hydrogens is 256 g/mol. The first-order chi connectivity index (χ1) is 9.26. The van der Waals surface area contributed by atoms with Crippen LogP contribution in [0.4, 0.5) is 0 Å². The molecule has 108 valence electrons. The van der Waals surface area contributed by atoms with E-state index in [0.717, 1.165) is 45.6 Å². The van der Waals surface area contributed by atoms with Crippen LogP contribution in [0.2, 0.25) is 0 Å². The number of hydrogen-bond donors (Lipinski definition) is 2. The zero-order valence-electron chi connectivity index (χ0n) is 12.1. The summed E-state index contributed by atoms with van der Waals surface area (Å²) in [7, 11) is 0. The molecule has 1 aromatic rings. The number of nitrogens with two attached hydrogens (primary N) is 1. The van der Waals surface area contributed by atoms with E-state index in [2.05, 4.69) is 46.6 Å². The summed E-state index contributed by atoms with van der Waals surface area (Å²) in [5.41, 5.74) is 5.82. The van der Waals surface area contributed by atoms with Gasteiger partial charge in [0.2, 0.25) is 0 Å². The zero-order valence-corrected chi connectivity index (χ0v) is 12.9. The van der Waals surface area contributed by atoms with Crippen LogP contribution in [-0.2, 0) is 6.42 Å². The molecule has 0 saturated heterocycles. The Kier molecular flexibility index (Phi) is 8.25. The monoisotopic (exact) mass is 282 g/mol. The molecule has 0 saturated carbocycles. The molecule has 3 N–H and O–H groups in total. The second kappa shape index (κ2) is 9.81. The van der Waals surface area contributed by atoms with Gasteiger partial charge in [-0.3, -0.25) is 4.99 Å². The first-order valence-corrected chi connectivity index (χ1v) is 7.92. The van der Waals surface area contributed by atoms with Crippen LogP contribution in [0.15, 0.2) is 22.5 Å². The maximum absolute atomic E-state index is 5.82. The molecule has 0 aliphatic carbocycles. The highest BCUT2D eigenvalue weighted by atomic mass is 32.1. The molecule has 0 bridgehead atoms. The van der Waals surface area contributed by atoms with E-state index in [-0.39, 0.29) is 0 Å². The Morgan fingerprint density at radius 1 is 1.42 bits per heavy atom. The SMILES string of the molecule is CCN(CC)CCCN=C(N)NCCc1cccs1. The Hall–Kier alpha value is -1.07. The molecule has 0 aliphatic heterocycles.